The van der Waals surface area contributed by atoms with Gasteiger partial charge < -0.3 is 16.2 Å². The van der Waals surface area contributed by atoms with Crippen LogP contribution in [-0.2, 0) is 9.59 Å². The Morgan fingerprint density at radius 2 is 1.95 bits per heavy atom. The number of carboxylic acid groups (broad SMARTS) is 1. The molecule has 1 saturated carbocycles. The lowest BCUT2D eigenvalue weighted by Gasteiger charge is -2.41. The molecular formula is C14H25N3O3. The molecule has 0 aromatic carbocycles. The molecule has 1 amide bonds. The Balaban J connectivity index is 1.70. The molecule has 20 heavy (non-hydrogen) atoms. The number of amides is 1. The van der Waals surface area contributed by atoms with Gasteiger partial charge in [0.15, 0.2) is 0 Å². The average molecular weight is 283 g/mol. The van der Waals surface area contributed by atoms with Crippen LogP contribution in [0.25, 0.3) is 0 Å². The van der Waals surface area contributed by atoms with E-state index in [4.69, 9.17) is 10.8 Å². The normalized spacial score (nSPS) is 23.1. The number of aliphatic carboxylic acids is 1. The minimum absolute atomic E-state index is 0.00265. The molecule has 1 aliphatic carbocycles. The highest BCUT2D eigenvalue weighted by atomic mass is 16.4. The van der Waals surface area contributed by atoms with Crippen LogP contribution in [0.1, 0.15) is 38.5 Å². The van der Waals surface area contributed by atoms with E-state index in [1.165, 1.54) is 0 Å². The zero-order valence-electron chi connectivity index (χ0n) is 11.9. The summed E-state index contributed by atoms with van der Waals surface area (Å²) in [6, 6.07) is 0.267. The van der Waals surface area contributed by atoms with E-state index < -0.39 is 5.97 Å². The number of carbonyl (C=O) groups excluding carboxylic acids is 1. The van der Waals surface area contributed by atoms with Gasteiger partial charge in [-0.3, -0.25) is 14.5 Å². The molecule has 0 bridgehead atoms. The Morgan fingerprint density at radius 1 is 1.30 bits per heavy atom. The zero-order chi connectivity index (χ0) is 14.6. The van der Waals surface area contributed by atoms with Crippen LogP contribution in [0, 0.1) is 5.41 Å². The van der Waals surface area contributed by atoms with Crippen LogP contribution in [0.15, 0.2) is 0 Å². The van der Waals surface area contributed by atoms with Gasteiger partial charge in [-0.1, -0.05) is 6.42 Å². The number of nitrogens with zero attached hydrogens (tertiary/aromatic N) is 1. The van der Waals surface area contributed by atoms with Gasteiger partial charge in [-0.15, -0.1) is 0 Å². The highest BCUT2D eigenvalue weighted by molar-refractivity contribution is 5.78. The molecule has 2 aliphatic rings. The van der Waals surface area contributed by atoms with E-state index in [2.05, 4.69) is 10.2 Å². The summed E-state index contributed by atoms with van der Waals surface area (Å²) in [6.45, 7) is 2.63. The molecule has 1 saturated heterocycles. The number of carbonyl (C=O) groups is 2. The van der Waals surface area contributed by atoms with Crippen molar-refractivity contribution in [2.45, 2.75) is 44.6 Å². The summed E-state index contributed by atoms with van der Waals surface area (Å²) in [5, 5.41) is 11.8. The largest absolute Gasteiger partial charge is 0.481 e. The molecule has 6 nitrogen and oxygen atoms in total. The molecule has 114 valence electrons. The first-order valence-electron chi connectivity index (χ1n) is 7.46. The molecule has 2 fully saturated rings. The Hall–Kier alpha value is -1.14. The topological polar surface area (TPSA) is 95.7 Å². The van der Waals surface area contributed by atoms with Gasteiger partial charge in [0.1, 0.15) is 0 Å². The molecular weight excluding hydrogens is 258 g/mol. The number of nitrogens with two attached hydrogens (primary N) is 1. The summed E-state index contributed by atoms with van der Waals surface area (Å²) in [7, 11) is 0. The monoisotopic (exact) mass is 283 g/mol. The minimum atomic E-state index is -0.774. The van der Waals surface area contributed by atoms with E-state index >= 15 is 0 Å². The van der Waals surface area contributed by atoms with Gasteiger partial charge in [0.2, 0.25) is 5.91 Å². The number of likely N-dealkylation sites (tertiary alicyclic amines) is 1. The highest BCUT2D eigenvalue weighted by Crippen LogP contribution is 2.43. The predicted octanol–water partition coefficient (Wildman–Crippen LogP) is 0.171. The van der Waals surface area contributed by atoms with Crippen molar-refractivity contribution in [1.82, 2.24) is 10.2 Å². The van der Waals surface area contributed by atoms with E-state index in [1.807, 2.05) is 0 Å². The van der Waals surface area contributed by atoms with Crippen molar-refractivity contribution in [3.8, 4) is 0 Å². The molecule has 1 heterocycles. The van der Waals surface area contributed by atoms with Crippen LogP contribution in [-0.4, -0.2) is 54.1 Å². The van der Waals surface area contributed by atoms with Gasteiger partial charge in [-0.05, 0) is 31.1 Å². The first-order chi connectivity index (χ1) is 9.49. The van der Waals surface area contributed by atoms with Crippen molar-refractivity contribution < 1.29 is 14.7 Å². The molecule has 4 N–H and O–H groups in total. The molecule has 0 spiro atoms. The zero-order valence-corrected chi connectivity index (χ0v) is 11.9. The number of nitrogens with one attached hydrogen (secondary N) is 1. The lowest BCUT2D eigenvalue weighted by Crippen LogP contribution is -2.48. The number of hydrogen-bond donors (Lipinski definition) is 3. The lowest BCUT2D eigenvalue weighted by atomic mass is 9.66. The van der Waals surface area contributed by atoms with Gasteiger partial charge in [-0.2, -0.15) is 0 Å². The van der Waals surface area contributed by atoms with E-state index in [9.17, 15) is 9.59 Å². The van der Waals surface area contributed by atoms with Crippen LogP contribution >= 0.6 is 0 Å². The summed E-state index contributed by atoms with van der Waals surface area (Å²) < 4.78 is 0. The molecule has 0 atom stereocenters. The maximum atomic E-state index is 11.9. The Morgan fingerprint density at radius 3 is 2.45 bits per heavy atom. The first kappa shape index (κ1) is 15.3. The maximum Gasteiger partial charge on any atom is 0.303 e. The molecule has 6 heteroatoms. The van der Waals surface area contributed by atoms with Crippen LogP contribution in [0.5, 0.6) is 0 Å². The molecule has 0 unspecified atom stereocenters. The van der Waals surface area contributed by atoms with Gasteiger partial charge in [0.05, 0.1) is 13.0 Å². The van der Waals surface area contributed by atoms with Gasteiger partial charge >= 0.3 is 5.97 Å². The first-order valence-corrected chi connectivity index (χ1v) is 7.46. The summed E-state index contributed by atoms with van der Waals surface area (Å²) in [5.74, 6) is -0.777. The second kappa shape index (κ2) is 6.54. The Bertz CT molecular complexity index is 361. The molecule has 0 radical (unpaired) electrons. The minimum Gasteiger partial charge on any atom is -0.481 e. The van der Waals surface area contributed by atoms with Crippen LogP contribution < -0.4 is 11.1 Å². The van der Waals surface area contributed by atoms with Crippen molar-refractivity contribution in [3.63, 3.8) is 0 Å². The quantitative estimate of drug-likeness (QED) is 0.646. The van der Waals surface area contributed by atoms with Crippen molar-refractivity contribution in [2.75, 3.05) is 26.2 Å². The third-order valence-electron chi connectivity index (χ3n) is 4.60. The SMILES string of the molecule is NC1CCN(CC(=O)NCC2(CC(=O)O)CCC2)CC1. The summed E-state index contributed by atoms with van der Waals surface area (Å²) in [5.41, 5.74) is 5.63. The molecule has 0 aromatic rings. The maximum absolute atomic E-state index is 11.9. The summed E-state index contributed by atoms with van der Waals surface area (Å²) in [6.07, 6.45) is 4.90. The number of piperidine rings is 1. The fourth-order valence-electron chi connectivity index (χ4n) is 3.07. The van der Waals surface area contributed by atoms with Gasteiger partial charge in [0.25, 0.3) is 0 Å². The second-order valence-electron chi connectivity index (χ2n) is 6.31. The number of rotatable bonds is 6. The fourth-order valence-corrected chi connectivity index (χ4v) is 3.07. The third-order valence-corrected chi connectivity index (χ3v) is 4.60. The fraction of sp³-hybridized carbons (Fsp3) is 0.857. The molecule has 2 rings (SSSR count). The Kier molecular flexibility index (Phi) is 4.99. The van der Waals surface area contributed by atoms with Crippen LogP contribution in [0.2, 0.25) is 0 Å². The van der Waals surface area contributed by atoms with Crippen molar-refractivity contribution in [2.24, 2.45) is 11.1 Å². The predicted molar refractivity (Wildman–Crippen MR) is 75.2 cm³/mol. The van der Waals surface area contributed by atoms with Gasteiger partial charge in [0, 0.05) is 25.7 Å². The van der Waals surface area contributed by atoms with Crippen LogP contribution in [0.4, 0.5) is 0 Å². The van der Waals surface area contributed by atoms with Gasteiger partial charge in [-0.25, -0.2) is 0 Å². The number of hydrogen-bond acceptors (Lipinski definition) is 4. The van der Waals surface area contributed by atoms with E-state index in [0.717, 1.165) is 45.2 Å². The molecule has 0 aromatic heterocycles. The Labute approximate surface area is 119 Å². The van der Waals surface area contributed by atoms with E-state index in [-0.39, 0.29) is 23.8 Å². The van der Waals surface area contributed by atoms with Crippen molar-refractivity contribution >= 4 is 11.9 Å². The van der Waals surface area contributed by atoms with E-state index in [1.54, 1.807) is 0 Å². The third kappa shape index (κ3) is 4.18. The van der Waals surface area contributed by atoms with Crippen molar-refractivity contribution in [3.05, 3.63) is 0 Å². The second-order valence-corrected chi connectivity index (χ2v) is 6.31. The average Bonchev–Trinajstić information content (AvgIpc) is 2.35. The highest BCUT2D eigenvalue weighted by Gasteiger charge is 2.39. The summed E-state index contributed by atoms with van der Waals surface area (Å²) in [4.78, 5) is 24.9. The standard InChI is InChI=1S/C14H25N3O3/c15-11-2-6-17(7-3-11)9-12(18)16-10-14(4-1-5-14)8-13(19)20/h11H,1-10,15H2,(H,16,18)(H,19,20). The van der Waals surface area contributed by atoms with Crippen LogP contribution in [0.3, 0.4) is 0 Å². The smallest absolute Gasteiger partial charge is 0.303 e. The summed E-state index contributed by atoms with van der Waals surface area (Å²) >= 11 is 0. The lowest BCUT2D eigenvalue weighted by molar-refractivity contribution is -0.142. The van der Waals surface area contributed by atoms with E-state index in [0.29, 0.717) is 13.1 Å². The number of carboxylic acids is 1. The van der Waals surface area contributed by atoms with Crippen molar-refractivity contribution in [1.29, 1.82) is 0 Å². The molecule has 1 aliphatic heterocycles.